The minimum Gasteiger partial charge on any atom is -0.384 e. The maximum absolute atomic E-state index is 12.2. The van der Waals surface area contributed by atoms with Crippen molar-refractivity contribution in [2.75, 3.05) is 11.9 Å². The molecule has 3 N–H and O–H groups in total. The number of halogens is 1. The van der Waals surface area contributed by atoms with Gasteiger partial charge in [-0.1, -0.05) is 72.3 Å². The van der Waals surface area contributed by atoms with E-state index in [-0.39, 0.29) is 6.54 Å². The van der Waals surface area contributed by atoms with Gasteiger partial charge in [-0.3, -0.25) is 9.59 Å². The van der Waals surface area contributed by atoms with Crippen molar-refractivity contribution in [3.63, 3.8) is 0 Å². The summed E-state index contributed by atoms with van der Waals surface area (Å²) < 4.78 is 0. The SMILES string of the molecule is Cc1c(Cl)cccc1NC(=O)C(=O)NC[C@](C)(O)c1ccc(-c2ccccc2)cc1. The number of hydrogen-bond donors (Lipinski definition) is 3. The second-order valence-corrected chi connectivity index (χ2v) is 7.67. The van der Waals surface area contributed by atoms with Gasteiger partial charge in [0.05, 0.1) is 6.54 Å². The fourth-order valence-electron chi connectivity index (χ4n) is 3.01. The summed E-state index contributed by atoms with van der Waals surface area (Å²) in [6, 6.07) is 22.4. The first-order valence-corrected chi connectivity index (χ1v) is 9.88. The Morgan fingerprint density at radius 2 is 1.53 bits per heavy atom. The molecule has 1 atom stereocenters. The van der Waals surface area contributed by atoms with Crippen molar-refractivity contribution in [3.8, 4) is 11.1 Å². The molecule has 0 radical (unpaired) electrons. The predicted octanol–water partition coefficient (Wildman–Crippen LogP) is 4.28. The van der Waals surface area contributed by atoms with E-state index >= 15 is 0 Å². The van der Waals surface area contributed by atoms with Gasteiger partial charge in [0.25, 0.3) is 0 Å². The highest BCUT2D eigenvalue weighted by Crippen LogP contribution is 2.25. The molecule has 154 valence electrons. The molecule has 0 aliphatic rings. The smallest absolute Gasteiger partial charge is 0.313 e. The van der Waals surface area contributed by atoms with Gasteiger partial charge in [-0.05, 0) is 48.2 Å². The molecule has 0 heterocycles. The van der Waals surface area contributed by atoms with Crippen molar-refractivity contribution in [3.05, 3.63) is 88.9 Å². The van der Waals surface area contributed by atoms with Gasteiger partial charge in [0.2, 0.25) is 0 Å². The average Bonchev–Trinajstić information content (AvgIpc) is 2.76. The van der Waals surface area contributed by atoms with Crippen molar-refractivity contribution >= 4 is 29.1 Å². The number of hydrogen-bond acceptors (Lipinski definition) is 3. The fourth-order valence-corrected chi connectivity index (χ4v) is 3.18. The summed E-state index contributed by atoms with van der Waals surface area (Å²) in [7, 11) is 0. The third kappa shape index (κ3) is 5.06. The molecule has 3 aromatic rings. The maximum Gasteiger partial charge on any atom is 0.313 e. The Kier molecular flexibility index (Phi) is 6.55. The standard InChI is InChI=1S/C24H23ClN2O3/c1-16-20(25)9-6-10-21(16)27-23(29)22(28)26-15-24(2,30)19-13-11-18(12-14-19)17-7-4-3-5-8-17/h3-14,30H,15H2,1-2H3,(H,26,28)(H,27,29)/t24-/m0/s1. The number of anilines is 1. The molecule has 2 amide bonds. The number of carbonyl (C=O) groups excluding carboxylic acids is 2. The van der Waals surface area contributed by atoms with Crippen molar-refractivity contribution in [2.24, 2.45) is 0 Å². The number of rotatable bonds is 5. The number of nitrogens with one attached hydrogen (secondary N) is 2. The second kappa shape index (κ2) is 9.11. The van der Waals surface area contributed by atoms with Crippen LogP contribution in [0.1, 0.15) is 18.1 Å². The summed E-state index contributed by atoms with van der Waals surface area (Å²) >= 11 is 6.03. The van der Waals surface area contributed by atoms with E-state index in [4.69, 9.17) is 11.6 Å². The molecule has 0 bridgehead atoms. The third-order valence-corrected chi connectivity index (χ3v) is 5.34. The van der Waals surface area contributed by atoms with E-state index in [1.54, 1.807) is 32.0 Å². The number of benzene rings is 3. The number of aliphatic hydroxyl groups is 1. The Labute approximate surface area is 180 Å². The van der Waals surface area contributed by atoms with E-state index < -0.39 is 17.4 Å². The van der Waals surface area contributed by atoms with E-state index in [0.29, 0.717) is 21.8 Å². The Balaban J connectivity index is 1.61. The summed E-state index contributed by atoms with van der Waals surface area (Å²) in [6.07, 6.45) is 0. The van der Waals surface area contributed by atoms with Crippen molar-refractivity contribution < 1.29 is 14.7 Å². The first kappa shape index (κ1) is 21.6. The minimum absolute atomic E-state index is 0.113. The molecule has 0 unspecified atom stereocenters. The molecule has 0 saturated carbocycles. The summed E-state index contributed by atoms with van der Waals surface area (Å²) in [6.45, 7) is 3.22. The zero-order valence-corrected chi connectivity index (χ0v) is 17.5. The van der Waals surface area contributed by atoms with Crippen molar-refractivity contribution in [1.29, 1.82) is 0 Å². The van der Waals surface area contributed by atoms with Gasteiger partial charge < -0.3 is 15.7 Å². The van der Waals surface area contributed by atoms with E-state index in [1.807, 2.05) is 54.6 Å². The quantitative estimate of drug-likeness (QED) is 0.537. The zero-order valence-electron chi connectivity index (χ0n) is 16.8. The minimum atomic E-state index is -1.34. The van der Waals surface area contributed by atoms with E-state index in [1.165, 1.54) is 0 Å². The van der Waals surface area contributed by atoms with Crippen LogP contribution in [0.5, 0.6) is 0 Å². The van der Waals surface area contributed by atoms with Crippen LogP contribution < -0.4 is 10.6 Å². The fraction of sp³-hybridized carbons (Fsp3) is 0.167. The Hall–Kier alpha value is -3.15. The lowest BCUT2D eigenvalue weighted by atomic mass is 9.93. The van der Waals surface area contributed by atoms with Gasteiger partial charge in [0.15, 0.2) is 0 Å². The highest BCUT2D eigenvalue weighted by atomic mass is 35.5. The second-order valence-electron chi connectivity index (χ2n) is 7.27. The van der Waals surface area contributed by atoms with E-state index in [9.17, 15) is 14.7 Å². The largest absolute Gasteiger partial charge is 0.384 e. The lowest BCUT2D eigenvalue weighted by Gasteiger charge is -2.24. The topological polar surface area (TPSA) is 78.4 Å². The molecule has 0 spiro atoms. The molecular formula is C24H23ClN2O3. The Bertz CT molecular complexity index is 1050. The molecule has 30 heavy (non-hydrogen) atoms. The molecule has 3 aromatic carbocycles. The Morgan fingerprint density at radius 1 is 0.900 bits per heavy atom. The van der Waals surface area contributed by atoms with Crippen LogP contribution in [0.2, 0.25) is 5.02 Å². The van der Waals surface area contributed by atoms with Crippen LogP contribution in [0.15, 0.2) is 72.8 Å². The monoisotopic (exact) mass is 422 g/mol. The molecule has 0 aromatic heterocycles. The van der Waals surface area contributed by atoms with Gasteiger partial charge in [0.1, 0.15) is 5.60 Å². The van der Waals surface area contributed by atoms with Gasteiger partial charge in [-0.25, -0.2) is 0 Å². The first-order chi connectivity index (χ1) is 14.3. The molecular weight excluding hydrogens is 400 g/mol. The lowest BCUT2D eigenvalue weighted by Crippen LogP contribution is -2.43. The highest BCUT2D eigenvalue weighted by molar-refractivity contribution is 6.40. The summed E-state index contributed by atoms with van der Waals surface area (Å²) in [5, 5.41) is 16.3. The maximum atomic E-state index is 12.2. The van der Waals surface area contributed by atoms with Crippen LogP contribution in [-0.2, 0) is 15.2 Å². The third-order valence-electron chi connectivity index (χ3n) is 4.93. The molecule has 5 nitrogen and oxygen atoms in total. The van der Waals surface area contributed by atoms with Crippen LogP contribution in [0, 0.1) is 6.92 Å². The number of amides is 2. The van der Waals surface area contributed by atoms with E-state index in [0.717, 1.165) is 11.1 Å². The first-order valence-electron chi connectivity index (χ1n) is 9.50. The van der Waals surface area contributed by atoms with Gasteiger partial charge in [-0.15, -0.1) is 0 Å². The average molecular weight is 423 g/mol. The number of carbonyl (C=O) groups is 2. The van der Waals surface area contributed by atoms with Gasteiger partial charge >= 0.3 is 11.8 Å². The highest BCUT2D eigenvalue weighted by Gasteiger charge is 2.25. The van der Waals surface area contributed by atoms with Crippen molar-refractivity contribution in [1.82, 2.24) is 5.32 Å². The molecule has 0 saturated heterocycles. The zero-order chi connectivity index (χ0) is 21.7. The summed E-state index contributed by atoms with van der Waals surface area (Å²) in [5.74, 6) is -1.66. The van der Waals surface area contributed by atoms with Crippen LogP contribution >= 0.6 is 11.6 Å². The van der Waals surface area contributed by atoms with Gasteiger partial charge in [0, 0.05) is 10.7 Å². The molecule has 6 heteroatoms. The molecule has 0 fully saturated rings. The molecule has 0 aliphatic heterocycles. The van der Waals surface area contributed by atoms with Crippen LogP contribution in [0.3, 0.4) is 0 Å². The Morgan fingerprint density at radius 3 is 2.20 bits per heavy atom. The van der Waals surface area contributed by atoms with Crippen molar-refractivity contribution in [2.45, 2.75) is 19.4 Å². The van der Waals surface area contributed by atoms with Crippen LogP contribution in [0.4, 0.5) is 5.69 Å². The van der Waals surface area contributed by atoms with E-state index in [2.05, 4.69) is 10.6 Å². The normalized spacial score (nSPS) is 12.7. The molecule has 0 aliphatic carbocycles. The van der Waals surface area contributed by atoms with Crippen LogP contribution in [0.25, 0.3) is 11.1 Å². The molecule has 3 rings (SSSR count). The lowest BCUT2D eigenvalue weighted by molar-refractivity contribution is -0.136. The van der Waals surface area contributed by atoms with Crippen LogP contribution in [-0.4, -0.2) is 23.5 Å². The summed E-state index contributed by atoms with van der Waals surface area (Å²) in [4.78, 5) is 24.4. The van der Waals surface area contributed by atoms with Gasteiger partial charge in [-0.2, -0.15) is 0 Å². The predicted molar refractivity (Wildman–Crippen MR) is 119 cm³/mol. The summed E-state index contributed by atoms with van der Waals surface area (Å²) in [5.41, 5.74) is 2.53.